The number of hydrogen-bond donors (Lipinski definition) is 2. The second-order valence-electron chi connectivity index (χ2n) is 5.31. The number of alkyl halides is 3. The Morgan fingerprint density at radius 3 is 2.74 bits per heavy atom. The molecule has 7 heteroatoms. The number of hydrogen-bond acceptors (Lipinski definition) is 4. The fourth-order valence-corrected chi connectivity index (χ4v) is 2.38. The van der Waals surface area contributed by atoms with Crippen LogP contribution in [0.3, 0.4) is 0 Å². The highest BCUT2D eigenvalue weighted by Gasteiger charge is 2.36. The number of nitrogens with one attached hydrogen (secondary N) is 1. The van der Waals surface area contributed by atoms with E-state index in [1.54, 1.807) is 6.07 Å². The molecular formula is C16H18F3NO3. The molecule has 0 heterocycles. The van der Waals surface area contributed by atoms with Crippen LogP contribution in [0.15, 0.2) is 35.5 Å². The summed E-state index contributed by atoms with van der Waals surface area (Å²) < 4.78 is 40.5. The van der Waals surface area contributed by atoms with Gasteiger partial charge >= 0.3 is 6.36 Å². The molecule has 0 saturated carbocycles. The van der Waals surface area contributed by atoms with Gasteiger partial charge in [-0.3, -0.25) is 4.79 Å². The Bertz CT molecular complexity index is 611. The van der Waals surface area contributed by atoms with Crippen LogP contribution in [0.1, 0.15) is 31.7 Å². The van der Waals surface area contributed by atoms with E-state index in [0.717, 1.165) is 12.8 Å². The fourth-order valence-electron chi connectivity index (χ4n) is 2.38. The van der Waals surface area contributed by atoms with Crippen LogP contribution in [-0.4, -0.2) is 23.4 Å². The third kappa shape index (κ3) is 4.48. The van der Waals surface area contributed by atoms with E-state index in [2.05, 4.69) is 10.1 Å². The van der Waals surface area contributed by atoms with Crippen LogP contribution in [0.2, 0.25) is 0 Å². The summed E-state index contributed by atoms with van der Waals surface area (Å²) in [4.78, 5) is 11.6. The van der Waals surface area contributed by atoms with Crippen LogP contribution in [0.5, 0.6) is 5.75 Å². The Labute approximate surface area is 132 Å². The van der Waals surface area contributed by atoms with Crippen molar-refractivity contribution in [2.75, 3.05) is 0 Å². The smallest absolute Gasteiger partial charge is 0.406 e. The normalized spacial score (nSPS) is 18.0. The molecule has 1 aliphatic rings. The van der Waals surface area contributed by atoms with Crippen LogP contribution >= 0.6 is 0 Å². The first-order chi connectivity index (χ1) is 10.8. The van der Waals surface area contributed by atoms with Gasteiger partial charge in [0.2, 0.25) is 0 Å². The van der Waals surface area contributed by atoms with E-state index >= 15 is 0 Å². The van der Waals surface area contributed by atoms with Gasteiger partial charge < -0.3 is 15.2 Å². The van der Waals surface area contributed by atoms with Gasteiger partial charge in [-0.05, 0) is 30.5 Å². The lowest BCUT2D eigenvalue weighted by Gasteiger charge is -2.29. The van der Waals surface area contributed by atoms with E-state index in [4.69, 9.17) is 0 Å². The number of ether oxygens (including phenoxy) is 1. The number of aliphatic hydroxyl groups excluding tert-OH is 1. The highest BCUT2D eigenvalue weighted by atomic mass is 19.4. The molecule has 126 valence electrons. The van der Waals surface area contributed by atoms with Gasteiger partial charge in [-0.1, -0.05) is 25.5 Å². The van der Waals surface area contributed by atoms with Crippen molar-refractivity contribution < 1.29 is 27.8 Å². The monoisotopic (exact) mass is 329 g/mol. The molecule has 0 radical (unpaired) electrons. The molecule has 1 aromatic rings. The number of Topliss-reactive ketones (excluding diaryl/α,β-unsaturated/α-hetero) is 1. The summed E-state index contributed by atoms with van der Waals surface area (Å²) in [6, 6.07) is 5.56. The third-order valence-electron chi connectivity index (χ3n) is 3.54. The Morgan fingerprint density at radius 2 is 2.09 bits per heavy atom. The van der Waals surface area contributed by atoms with Crippen LogP contribution in [0.25, 0.3) is 0 Å². The Morgan fingerprint density at radius 1 is 1.35 bits per heavy atom. The molecule has 0 bridgehead atoms. The third-order valence-corrected chi connectivity index (χ3v) is 3.54. The summed E-state index contributed by atoms with van der Waals surface area (Å²) in [5, 5.41) is 12.6. The molecule has 0 spiro atoms. The zero-order valence-corrected chi connectivity index (χ0v) is 12.6. The van der Waals surface area contributed by atoms with Gasteiger partial charge in [-0.2, -0.15) is 0 Å². The van der Waals surface area contributed by atoms with Crippen molar-refractivity contribution in [1.29, 1.82) is 0 Å². The summed E-state index contributed by atoms with van der Waals surface area (Å²) >= 11 is 0. The first kappa shape index (κ1) is 17.3. The van der Waals surface area contributed by atoms with Crippen molar-refractivity contribution in [3.63, 3.8) is 0 Å². The average Bonchev–Trinajstić information content (AvgIpc) is 2.48. The number of carbonyl (C=O) groups excluding carboxylic acids is 1. The number of ketones is 1. The predicted molar refractivity (Wildman–Crippen MR) is 77.5 cm³/mol. The molecule has 1 aromatic carbocycles. The Hall–Kier alpha value is -2.02. The molecule has 0 fully saturated rings. The number of halogens is 3. The first-order valence-corrected chi connectivity index (χ1v) is 7.35. The Kier molecular flexibility index (Phi) is 5.30. The average molecular weight is 329 g/mol. The topological polar surface area (TPSA) is 58.6 Å². The zero-order chi connectivity index (χ0) is 17.0. The van der Waals surface area contributed by atoms with E-state index in [0.29, 0.717) is 23.3 Å². The lowest BCUT2D eigenvalue weighted by Crippen LogP contribution is -2.43. The summed E-state index contributed by atoms with van der Waals surface area (Å²) in [6.45, 7) is 2.20. The van der Waals surface area contributed by atoms with Crippen molar-refractivity contribution in [2.45, 2.75) is 45.2 Å². The lowest BCUT2D eigenvalue weighted by molar-refractivity contribution is -0.274. The number of benzene rings is 1. The molecule has 2 N–H and O–H groups in total. The molecule has 23 heavy (non-hydrogen) atoms. The highest BCUT2D eigenvalue weighted by molar-refractivity contribution is 6.08. The van der Waals surface area contributed by atoms with Crippen LogP contribution in [0, 0.1) is 0 Å². The van der Waals surface area contributed by atoms with Gasteiger partial charge in [0.15, 0.2) is 11.9 Å². The molecular weight excluding hydrogens is 311 g/mol. The second kappa shape index (κ2) is 7.04. The highest BCUT2D eigenvalue weighted by Crippen LogP contribution is 2.28. The maximum Gasteiger partial charge on any atom is 0.573 e. The van der Waals surface area contributed by atoms with Gasteiger partial charge in [0.25, 0.3) is 0 Å². The maximum absolute atomic E-state index is 12.2. The van der Waals surface area contributed by atoms with E-state index in [9.17, 15) is 23.1 Å². The standard InChI is InChI=1S/C16H18F3NO3/c1-2-3-7-12-13(15(22)14(12)21)20-9-10-5-4-6-11(8-10)23-16(17,18)19/h4-6,8,15,20,22H,2-3,7,9H2,1H3. The molecule has 0 aliphatic heterocycles. The minimum atomic E-state index is -4.74. The minimum Gasteiger partial charge on any atom is -0.406 e. The molecule has 2 rings (SSSR count). The number of rotatable bonds is 7. The zero-order valence-electron chi connectivity index (χ0n) is 12.6. The largest absolute Gasteiger partial charge is 0.573 e. The van der Waals surface area contributed by atoms with Crippen molar-refractivity contribution in [1.82, 2.24) is 5.32 Å². The van der Waals surface area contributed by atoms with Gasteiger partial charge in [0.1, 0.15) is 5.75 Å². The summed E-state index contributed by atoms with van der Waals surface area (Å²) in [5.74, 6) is -0.586. The maximum atomic E-state index is 12.2. The molecule has 4 nitrogen and oxygen atoms in total. The summed E-state index contributed by atoms with van der Waals surface area (Å²) in [5.41, 5.74) is 1.59. The van der Waals surface area contributed by atoms with Gasteiger partial charge in [0.05, 0.1) is 5.70 Å². The van der Waals surface area contributed by atoms with Crippen molar-refractivity contribution >= 4 is 5.78 Å². The summed E-state index contributed by atoms with van der Waals surface area (Å²) in [6.07, 6.45) is -3.54. The summed E-state index contributed by atoms with van der Waals surface area (Å²) in [7, 11) is 0. The molecule has 0 saturated heterocycles. The van der Waals surface area contributed by atoms with Gasteiger partial charge in [0, 0.05) is 12.1 Å². The molecule has 0 aromatic heterocycles. The van der Waals surface area contributed by atoms with Crippen LogP contribution < -0.4 is 10.1 Å². The SMILES string of the molecule is CCCCC1=C(NCc2cccc(OC(F)(F)F)c2)C(O)C1=O. The van der Waals surface area contributed by atoms with Gasteiger partial charge in [-0.25, -0.2) is 0 Å². The van der Waals surface area contributed by atoms with Crippen LogP contribution in [0.4, 0.5) is 13.2 Å². The molecule has 1 atom stereocenters. The first-order valence-electron chi connectivity index (χ1n) is 7.35. The van der Waals surface area contributed by atoms with Crippen LogP contribution in [-0.2, 0) is 11.3 Å². The van der Waals surface area contributed by atoms with E-state index in [1.165, 1.54) is 18.2 Å². The van der Waals surface area contributed by atoms with E-state index in [-0.39, 0.29) is 18.1 Å². The van der Waals surface area contributed by atoms with Crippen molar-refractivity contribution in [2.24, 2.45) is 0 Å². The number of carbonyl (C=O) groups is 1. The van der Waals surface area contributed by atoms with E-state index in [1.807, 2.05) is 6.92 Å². The van der Waals surface area contributed by atoms with Crippen molar-refractivity contribution in [3.05, 3.63) is 41.1 Å². The van der Waals surface area contributed by atoms with Crippen molar-refractivity contribution in [3.8, 4) is 5.75 Å². The minimum absolute atomic E-state index is 0.199. The quantitative estimate of drug-likeness (QED) is 0.807. The predicted octanol–water partition coefficient (Wildman–Crippen LogP) is 3.06. The molecule has 1 unspecified atom stereocenters. The second-order valence-corrected chi connectivity index (χ2v) is 5.31. The molecule has 0 amide bonds. The van der Waals surface area contributed by atoms with E-state index < -0.39 is 12.5 Å². The number of unbranched alkanes of at least 4 members (excludes halogenated alkanes) is 1. The van der Waals surface area contributed by atoms with Gasteiger partial charge in [-0.15, -0.1) is 13.2 Å². The lowest BCUT2D eigenvalue weighted by atomic mass is 9.85. The fraction of sp³-hybridized carbons (Fsp3) is 0.438. The number of aliphatic hydroxyl groups is 1. The Balaban J connectivity index is 2.01. The molecule has 1 aliphatic carbocycles.